The zero-order valence-electron chi connectivity index (χ0n) is 11.1. The Morgan fingerprint density at radius 1 is 1.44 bits per heavy atom. The first kappa shape index (κ1) is 13.7. The number of hydrogen-bond acceptors (Lipinski definition) is 3. The molecule has 1 aliphatic rings. The molecule has 3 unspecified atom stereocenters. The van der Waals surface area contributed by atoms with Gasteiger partial charge in [-0.1, -0.05) is 17.7 Å². The smallest absolute Gasteiger partial charge is 0.103 e. The van der Waals surface area contributed by atoms with Crippen LogP contribution < -0.4 is 5.32 Å². The van der Waals surface area contributed by atoms with E-state index < -0.39 is 0 Å². The third kappa shape index (κ3) is 2.79. The molecule has 0 amide bonds. The van der Waals surface area contributed by atoms with Gasteiger partial charge in [0.25, 0.3) is 0 Å². The molecule has 0 spiro atoms. The molecule has 1 saturated carbocycles. The van der Waals surface area contributed by atoms with Crippen LogP contribution in [0.25, 0.3) is 0 Å². The average molecular weight is 270 g/mol. The molecule has 1 fully saturated rings. The van der Waals surface area contributed by atoms with E-state index in [-0.39, 0.29) is 18.2 Å². The van der Waals surface area contributed by atoms with E-state index in [4.69, 9.17) is 21.1 Å². The lowest BCUT2D eigenvalue weighted by Crippen LogP contribution is -2.56. The Kier molecular flexibility index (Phi) is 4.49. The number of halogens is 1. The number of hydrogen-bond donors (Lipinski definition) is 1. The number of anilines is 1. The number of aryl methyl sites for hydroxylation is 1. The van der Waals surface area contributed by atoms with Crippen LogP contribution in [0, 0.1) is 6.92 Å². The normalized spacial score (nSPS) is 26.8. The number of rotatable bonds is 5. The Bertz CT molecular complexity index is 411. The van der Waals surface area contributed by atoms with Crippen LogP contribution >= 0.6 is 11.6 Å². The van der Waals surface area contributed by atoms with Gasteiger partial charge in [-0.25, -0.2) is 0 Å². The fourth-order valence-corrected chi connectivity index (χ4v) is 2.54. The fourth-order valence-electron chi connectivity index (χ4n) is 2.37. The van der Waals surface area contributed by atoms with Gasteiger partial charge in [-0.05, 0) is 38.0 Å². The first-order chi connectivity index (χ1) is 8.65. The Morgan fingerprint density at radius 3 is 2.89 bits per heavy atom. The summed E-state index contributed by atoms with van der Waals surface area (Å²) in [6, 6.07) is 6.25. The minimum atomic E-state index is 0.0986. The predicted octanol–water partition coefficient (Wildman–Crippen LogP) is 3.25. The van der Waals surface area contributed by atoms with E-state index in [2.05, 4.69) is 18.3 Å². The average Bonchev–Trinajstić information content (AvgIpc) is 2.32. The van der Waals surface area contributed by atoms with Crippen molar-refractivity contribution in [3.05, 3.63) is 28.8 Å². The van der Waals surface area contributed by atoms with Gasteiger partial charge in [0.15, 0.2) is 0 Å². The minimum Gasteiger partial charge on any atom is -0.378 e. The Labute approximate surface area is 113 Å². The van der Waals surface area contributed by atoms with Crippen molar-refractivity contribution < 1.29 is 9.47 Å². The molecule has 0 radical (unpaired) electrons. The molecule has 3 atom stereocenters. The molecule has 0 aliphatic heterocycles. The molecule has 1 N–H and O–H groups in total. The first-order valence-electron chi connectivity index (χ1n) is 6.32. The third-order valence-electron chi connectivity index (χ3n) is 3.36. The van der Waals surface area contributed by atoms with E-state index in [1.54, 1.807) is 7.11 Å². The standard InChI is InChI=1S/C14H20ClNO2/c1-4-18-13-8-12(14(13)17-3)16-11-7-9(2)5-6-10(11)15/h5-7,12-14,16H,4,8H2,1-3H3. The van der Waals surface area contributed by atoms with Gasteiger partial charge in [0.2, 0.25) is 0 Å². The Morgan fingerprint density at radius 2 is 2.22 bits per heavy atom. The van der Waals surface area contributed by atoms with Crippen molar-refractivity contribution in [1.82, 2.24) is 0 Å². The molecule has 1 aliphatic carbocycles. The van der Waals surface area contributed by atoms with E-state index in [0.29, 0.717) is 0 Å². The summed E-state index contributed by atoms with van der Waals surface area (Å²) in [4.78, 5) is 0. The van der Waals surface area contributed by atoms with Gasteiger partial charge in [-0.3, -0.25) is 0 Å². The van der Waals surface area contributed by atoms with Crippen molar-refractivity contribution >= 4 is 17.3 Å². The highest BCUT2D eigenvalue weighted by molar-refractivity contribution is 6.33. The largest absolute Gasteiger partial charge is 0.378 e. The van der Waals surface area contributed by atoms with E-state index in [0.717, 1.165) is 23.7 Å². The number of nitrogens with one attached hydrogen (secondary N) is 1. The van der Waals surface area contributed by atoms with Gasteiger partial charge in [-0.2, -0.15) is 0 Å². The van der Waals surface area contributed by atoms with E-state index >= 15 is 0 Å². The molecular weight excluding hydrogens is 250 g/mol. The summed E-state index contributed by atoms with van der Waals surface area (Å²) in [5.74, 6) is 0. The van der Waals surface area contributed by atoms with Gasteiger partial charge in [-0.15, -0.1) is 0 Å². The summed E-state index contributed by atoms with van der Waals surface area (Å²) in [5.41, 5.74) is 2.16. The number of benzene rings is 1. The van der Waals surface area contributed by atoms with Crippen molar-refractivity contribution in [3.63, 3.8) is 0 Å². The van der Waals surface area contributed by atoms with Gasteiger partial charge in [0.1, 0.15) is 6.10 Å². The highest BCUT2D eigenvalue weighted by Gasteiger charge is 2.42. The van der Waals surface area contributed by atoms with Gasteiger partial charge >= 0.3 is 0 Å². The monoisotopic (exact) mass is 269 g/mol. The van der Waals surface area contributed by atoms with E-state index in [1.807, 2.05) is 19.1 Å². The van der Waals surface area contributed by atoms with E-state index in [1.165, 1.54) is 5.56 Å². The van der Waals surface area contributed by atoms with Crippen LogP contribution in [0.2, 0.25) is 5.02 Å². The van der Waals surface area contributed by atoms with Crippen LogP contribution in [-0.4, -0.2) is 32.0 Å². The van der Waals surface area contributed by atoms with Crippen LogP contribution in [0.4, 0.5) is 5.69 Å². The van der Waals surface area contributed by atoms with Crippen molar-refractivity contribution in [2.45, 2.75) is 38.5 Å². The van der Waals surface area contributed by atoms with Gasteiger partial charge < -0.3 is 14.8 Å². The molecule has 0 bridgehead atoms. The Hall–Kier alpha value is -0.770. The van der Waals surface area contributed by atoms with Crippen molar-refractivity contribution in [1.29, 1.82) is 0 Å². The number of methoxy groups -OCH3 is 1. The molecule has 1 aromatic carbocycles. The SMILES string of the molecule is CCOC1CC(Nc2cc(C)ccc2Cl)C1OC. The zero-order valence-corrected chi connectivity index (χ0v) is 11.8. The molecule has 1 aromatic rings. The molecule has 0 aromatic heterocycles. The molecule has 0 heterocycles. The lowest BCUT2D eigenvalue weighted by Gasteiger charge is -2.43. The molecule has 4 heteroatoms. The molecule has 2 rings (SSSR count). The van der Waals surface area contributed by atoms with Crippen molar-refractivity contribution in [2.75, 3.05) is 19.0 Å². The summed E-state index contributed by atoms with van der Waals surface area (Å²) < 4.78 is 11.1. The molecular formula is C14H20ClNO2. The maximum Gasteiger partial charge on any atom is 0.103 e. The zero-order chi connectivity index (χ0) is 13.1. The minimum absolute atomic E-state index is 0.0986. The summed E-state index contributed by atoms with van der Waals surface area (Å²) in [7, 11) is 1.72. The molecule has 18 heavy (non-hydrogen) atoms. The lowest BCUT2D eigenvalue weighted by molar-refractivity contribution is -0.118. The van der Waals surface area contributed by atoms with Gasteiger partial charge in [0, 0.05) is 13.7 Å². The lowest BCUT2D eigenvalue weighted by atomic mass is 9.85. The predicted molar refractivity (Wildman–Crippen MR) is 74.4 cm³/mol. The second-order valence-corrected chi connectivity index (χ2v) is 5.07. The van der Waals surface area contributed by atoms with Crippen molar-refractivity contribution in [2.24, 2.45) is 0 Å². The summed E-state index contributed by atoms with van der Waals surface area (Å²) in [6.45, 7) is 4.78. The second kappa shape index (κ2) is 5.91. The maximum absolute atomic E-state index is 6.18. The van der Waals surface area contributed by atoms with Gasteiger partial charge in [0.05, 0.1) is 22.9 Å². The van der Waals surface area contributed by atoms with Crippen LogP contribution in [0.5, 0.6) is 0 Å². The molecule has 0 saturated heterocycles. The maximum atomic E-state index is 6.18. The third-order valence-corrected chi connectivity index (χ3v) is 3.69. The highest BCUT2D eigenvalue weighted by Crippen LogP contribution is 2.32. The van der Waals surface area contributed by atoms with Crippen LogP contribution in [0.1, 0.15) is 18.9 Å². The number of ether oxygens (including phenoxy) is 2. The summed E-state index contributed by atoms with van der Waals surface area (Å²) in [5, 5.41) is 4.19. The molecule has 100 valence electrons. The molecule has 3 nitrogen and oxygen atoms in total. The quantitative estimate of drug-likeness (QED) is 0.890. The topological polar surface area (TPSA) is 30.5 Å². The summed E-state index contributed by atoms with van der Waals surface area (Å²) in [6.07, 6.45) is 1.25. The fraction of sp³-hybridized carbons (Fsp3) is 0.571. The highest BCUT2D eigenvalue weighted by atomic mass is 35.5. The van der Waals surface area contributed by atoms with Crippen LogP contribution in [0.15, 0.2) is 18.2 Å². The van der Waals surface area contributed by atoms with Crippen molar-refractivity contribution in [3.8, 4) is 0 Å². The summed E-state index contributed by atoms with van der Waals surface area (Å²) >= 11 is 6.18. The van der Waals surface area contributed by atoms with Crippen LogP contribution in [-0.2, 0) is 9.47 Å². The van der Waals surface area contributed by atoms with Crippen LogP contribution in [0.3, 0.4) is 0 Å². The Balaban J connectivity index is 2.00. The second-order valence-electron chi connectivity index (χ2n) is 4.66. The first-order valence-corrected chi connectivity index (χ1v) is 6.70. The van der Waals surface area contributed by atoms with E-state index in [9.17, 15) is 0 Å².